The number of para-hydroxylation sites is 2. The van der Waals surface area contributed by atoms with E-state index < -0.39 is 0 Å². The summed E-state index contributed by atoms with van der Waals surface area (Å²) in [5, 5.41) is 6.49. The Bertz CT molecular complexity index is 854. The monoisotopic (exact) mass is 384 g/mol. The molecule has 0 unspecified atom stereocenters. The second-order valence-corrected chi connectivity index (χ2v) is 6.09. The van der Waals surface area contributed by atoms with Crippen molar-refractivity contribution in [1.82, 2.24) is 9.97 Å². The van der Waals surface area contributed by atoms with Crippen molar-refractivity contribution in [2.75, 3.05) is 17.7 Å². The molecule has 0 fully saturated rings. The average molecular weight is 385 g/mol. The fourth-order valence-electron chi connectivity index (χ4n) is 2.27. The number of aryl methyl sites for hydroxylation is 1. The standard InChI is InChI=1S/C18H17BrN4O/c1-12-10-17(21-14-7-5-6-13(19)11-14)23-18(20-12)22-15-8-3-4-9-16(15)24-2/h3-11H,1-2H3,(H2,20,21,22,23). The second-order valence-electron chi connectivity index (χ2n) is 5.18. The summed E-state index contributed by atoms with van der Waals surface area (Å²) in [7, 11) is 1.64. The van der Waals surface area contributed by atoms with Crippen LogP contribution in [-0.2, 0) is 0 Å². The lowest BCUT2D eigenvalue weighted by Crippen LogP contribution is -2.03. The van der Waals surface area contributed by atoms with E-state index in [4.69, 9.17) is 4.74 Å². The predicted octanol–water partition coefficient (Wildman–Crippen LogP) is 5.04. The Morgan fingerprint density at radius 3 is 2.58 bits per heavy atom. The maximum absolute atomic E-state index is 5.35. The van der Waals surface area contributed by atoms with E-state index in [-0.39, 0.29) is 0 Å². The molecule has 0 bridgehead atoms. The van der Waals surface area contributed by atoms with Crippen molar-refractivity contribution in [2.45, 2.75) is 6.92 Å². The van der Waals surface area contributed by atoms with Crippen LogP contribution in [0.4, 0.5) is 23.1 Å². The maximum atomic E-state index is 5.35. The molecule has 0 spiro atoms. The lowest BCUT2D eigenvalue weighted by atomic mass is 10.3. The van der Waals surface area contributed by atoms with Crippen LogP contribution in [0.3, 0.4) is 0 Å². The molecular weight excluding hydrogens is 368 g/mol. The van der Waals surface area contributed by atoms with Crippen LogP contribution in [0.25, 0.3) is 0 Å². The number of nitrogens with one attached hydrogen (secondary N) is 2. The van der Waals surface area contributed by atoms with Crippen LogP contribution < -0.4 is 15.4 Å². The van der Waals surface area contributed by atoms with Crippen LogP contribution in [-0.4, -0.2) is 17.1 Å². The first-order valence-corrected chi connectivity index (χ1v) is 8.21. The number of anilines is 4. The van der Waals surface area contributed by atoms with Gasteiger partial charge in [-0.05, 0) is 37.3 Å². The molecule has 2 aromatic carbocycles. The van der Waals surface area contributed by atoms with Gasteiger partial charge in [-0.15, -0.1) is 0 Å². The molecule has 3 aromatic rings. The highest BCUT2D eigenvalue weighted by atomic mass is 79.9. The minimum absolute atomic E-state index is 0.511. The molecule has 0 atom stereocenters. The van der Waals surface area contributed by atoms with Crippen LogP contribution in [0, 0.1) is 6.92 Å². The topological polar surface area (TPSA) is 59.1 Å². The fraction of sp³-hybridized carbons (Fsp3) is 0.111. The van der Waals surface area contributed by atoms with E-state index in [1.54, 1.807) is 7.11 Å². The van der Waals surface area contributed by atoms with Gasteiger partial charge in [0.1, 0.15) is 11.6 Å². The zero-order valence-electron chi connectivity index (χ0n) is 13.4. The molecule has 1 aromatic heterocycles. The van der Waals surface area contributed by atoms with Crippen molar-refractivity contribution < 1.29 is 4.74 Å². The number of ether oxygens (including phenoxy) is 1. The van der Waals surface area contributed by atoms with E-state index in [0.717, 1.165) is 33.1 Å². The Hall–Kier alpha value is -2.60. The predicted molar refractivity (Wildman–Crippen MR) is 100 cm³/mol. The molecule has 6 heteroatoms. The number of benzene rings is 2. The van der Waals surface area contributed by atoms with Gasteiger partial charge in [0.25, 0.3) is 0 Å². The Balaban J connectivity index is 1.86. The number of rotatable bonds is 5. The van der Waals surface area contributed by atoms with Crippen LogP contribution >= 0.6 is 15.9 Å². The van der Waals surface area contributed by atoms with Crippen LogP contribution in [0.1, 0.15) is 5.69 Å². The van der Waals surface area contributed by atoms with Crippen molar-refractivity contribution in [3.8, 4) is 5.75 Å². The quantitative estimate of drug-likeness (QED) is 0.644. The summed E-state index contributed by atoms with van der Waals surface area (Å²) in [6, 6.07) is 17.5. The Kier molecular flexibility index (Phi) is 4.96. The molecule has 0 aliphatic carbocycles. The Labute approximate surface area is 149 Å². The zero-order chi connectivity index (χ0) is 16.9. The highest BCUT2D eigenvalue weighted by molar-refractivity contribution is 9.10. The van der Waals surface area contributed by atoms with Crippen molar-refractivity contribution >= 4 is 39.1 Å². The number of hydrogen-bond acceptors (Lipinski definition) is 5. The fourth-order valence-corrected chi connectivity index (χ4v) is 2.67. The molecule has 5 nitrogen and oxygen atoms in total. The smallest absolute Gasteiger partial charge is 0.229 e. The minimum atomic E-state index is 0.511. The molecule has 0 amide bonds. The van der Waals surface area contributed by atoms with Crippen LogP contribution in [0.2, 0.25) is 0 Å². The van der Waals surface area contributed by atoms with E-state index >= 15 is 0 Å². The summed E-state index contributed by atoms with van der Waals surface area (Å²) >= 11 is 3.47. The van der Waals surface area contributed by atoms with Gasteiger partial charge in [-0.3, -0.25) is 0 Å². The third kappa shape index (κ3) is 4.02. The number of aromatic nitrogens is 2. The van der Waals surface area contributed by atoms with Gasteiger partial charge < -0.3 is 15.4 Å². The van der Waals surface area contributed by atoms with E-state index in [1.807, 2.05) is 61.5 Å². The van der Waals surface area contributed by atoms with Crippen molar-refractivity contribution in [2.24, 2.45) is 0 Å². The Morgan fingerprint density at radius 2 is 1.79 bits per heavy atom. The lowest BCUT2D eigenvalue weighted by molar-refractivity contribution is 0.417. The number of nitrogens with zero attached hydrogens (tertiary/aromatic N) is 2. The minimum Gasteiger partial charge on any atom is -0.495 e. The number of hydrogen-bond donors (Lipinski definition) is 2. The summed E-state index contributed by atoms with van der Waals surface area (Å²) < 4.78 is 6.35. The molecule has 0 radical (unpaired) electrons. The van der Waals surface area contributed by atoms with Crippen molar-refractivity contribution in [3.05, 3.63) is 64.8 Å². The largest absolute Gasteiger partial charge is 0.495 e. The molecule has 2 N–H and O–H groups in total. The molecule has 0 saturated heterocycles. The summed E-state index contributed by atoms with van der Waals surface area (Å²) in [6.45, 7) is 1.93. The zero-order valence-corrected chi connectivity index (χ0v) is 15.0. The van der Waals surface area contributed by atoms with Crippen LogP contribution in [0.15, 0.2) is 59.1 Å². The summed E-state index contributed by atoms with van der Waals surface area (Å²) in [5.74, 6) is 1.97. The van der Waals surface area contributed by atoms with Gasteiger partial charge >= 0.3 is 0 Å². The molecule has 122 valence electrons. The summed E-state index contributed by atoms with van der Waals surface area (Å²) in [6.07, 6.45) is 0. The molecular formula is C18H17BrN4O. The normalized spacial score (nSPS) is 10.3. The highest BCUT2D eigenvalue weighted by Crippen LogP contribution is 2.27. The third-order valence-corrected chi connectivity index (χ3v) is 3.80. The first kappa shape index (κ1) is 16.3. The third-order valence-electron chi connectivity index (χ3n) is 3.30. The van der Waals surface area contributed by atoms with E-state index in [0.29, 0.717) is 5.95 Å². The molecule has 24 heavy (non-hydrogen) atoms. The van der Waals surface area contributed by atoms with Gasteiger partial charge in [-0.25, -0.2) is 4.98 Å². The number of halogens is 1. The summed E-state index contributed by atoms with van der Waals surface area (Å²) in [4.78, 5) is 8.96. The van der Waals surface area contributed by atoms with Crippen LogP contribution in [0.5, 0.6) is 5.75 Å². The first-order valence-electron chi connectivity index (χ1n) is 7.42. The Morgan fingerprint density at radius 1 is 0.958 bits per heavy atom. The molecule has 1 heterocycles. The van der Waals surface area contributed by atoms with E-state index in [1.165, 1.54) is 0 Å². The number of methoxy groups -OCH3 is 1. The van der Waals surface area contributed by atoms with Gasteiger partial charge in [0.05, 0.1) is 12.8 Å². The SMILES string of the molecule is COc1ccccc1Nc1nc(C)cc(Nc2cccc(Br)c2)n1. The van der Waals surface area contributed by atoms with Crippen molar-refractivity contribution in [3.63, 3.8) is 0 Å². The van der Waals surface area contributed by atoms with Gasteiger partial charge in [0.2, 0.25) is 5.95 Å². The van der Waals surface area contributed by atoms with Gasteiger partial charge in [0.15, 0.2) is 0 Å². The summed E-state index contributed by atoms with van der Waals surface area (Å²) in [5.41, 5.74) is 2.63. The first-order chi connectivity index (χ1) is 11.6. The van der Waals surface area contributed by atoms with E-state index in [9.17, 15) is 0 Å². The molecule has 0 aliphatic heterocycles. The van der Waals surface area contributed by atoms with Crippen molar-refractivity contribution in [1.29, 1.82) is 0 Å². The van der Waals surface area contributed by atoms with Gasteiger partial charge in [-0.1, -0.05) is 34.1 Å². The second kappa shape index (κ2) is 7.31. The lowest BCUT2D eigenvalue weighted by Gasteiger charge is -2.12. The van der Waals surface area contributed by atoms with Gasteiger partial charge in [0, 0.05) is 21.9 Å². The molecule has 3 rings (SSSR count). The van der Waals surface area contributed by atoms with E-state index in [2.05, 4.69) is 36.5 Å². The highest BCUT2D eigenvalue weighted by Gasteiger charge is 2.07. The maximum Gasteiger partial charge on any atom is 0.229 e. The average Bonchev–Trinajstić information content (AvgIpc) is 2.55. The molecule has 0 saturated carbocycles. The molecule has 0 aliphatic rings. The van der Waals surface area contributed by atoms with Gasteiger partial charge in [-0.2, -0.15) is 4.98 Å².